The van der Waals surface area contributed by atoms with Gasteiger partial charge in [-0.3, -0.25) is 9.59 Å². The highest BCUT2D eigenvalue weighted by Gasteiger charge is 1.96. The molecule has 1 amide bonds. The van der Waals surface area contributed by atoms with Crippen LogP contribution in [0.3, 0.4) is 0 Å². The molecule has 0 bridgehead atoms. The van der Waals surface area contributed by atoms with Crippen molar-refractivity contribution in [1.82, 2.24) is 10.2 Å². The van der Waals surface area contributed by atoms with E-state index in [1.165, 1.54) is 6.08 Å². The first-order valence-corrected chi connectivity index (χ1v) is 4.28. The van der Waals surface area contributed by atoms with E-state index in [0.717, 1.165) is 0 Å². The Kier molecular flexibility index (Phi) is 6.26. The second-order valence-electron chi connectivity index (χ2n) is 2.78. The van der Waals surface area contributed by atoms with E-state index in [1.807, 2.05) is 19.0 Å². The fourth-order valence-corrected chi connectivity index (χ4v) is 0.671. The van der Waals surface area contributed by atoms with Gasteiger partial charge in [0.15, 0.2) is 0 Å². The first-order chi connectivity index (χ1) is 6.02. The predicted molar refractivity (Wildman–Crippen MR) is 54.7 cm³/mol. The molecule has 0 radical (unpaired) electrons. The van der Waals surface area contributed by atoms with Crippen LogP contribution in [0.25, 0.3) is 0 Å². The Morgan fingerprint density at radius 3 is 2.54 bits per heavy atom. The average Bonchev–Trinajstić information content (AvgIpc) is 2.00. The van der Waals surface area contributed by atoms with Crippen LogP contribution in [0, 0.1) is 0 Å². The number of rotatable bonds is 5. The van der Waals surface area contributed by atoms with Crippen LogP contribution in [0.5, 0.6) is 0 Å². The van der Waals surface area contributed by atoms with Crippen molar-refractivity contribution in [3.8, 4) is 0 Å². The van der Waals surface area contributed by atoms with E-state index in [9.17, 15) is 9.59 Å². The molecule has 0 aliphatic carbocycles. The van der Waals surface area contributed by atoms with Gasteiger partial charge in [0.2, 0.25) is 11.0 Å². The van der Waals surface area contributed by atoms with Gasteiger partial charge in [-0.05, 0) is 14.1 Å². The number of thiol groups is 1. The molecule has 0 aromatic heterocycles. The molecule has 74 valence electrons. The molecule has 0 rings (SSSR count). The van der Waals surface area contributed by atoms with Crippen LogP contribution in [0.15, 0.2) is 12.2 Å². The highest BCUT2D eigenvalue weighted by molar-refractivity contribution is 7.96. The highest BCUT2D eigenvalue weighted by Crippen LogP contribution is 1.79. The van der Waals surface area contributed by atoms with Crippen molar-refractivity contribution in [2.45, 2.75) is 0 Å². The minimum Gasteiger partial charge on any atom is -0.345 e. The van der Waals surface area contributed by atoms with Crippen LogP contribution < -0.4 is 5.32 Å². The lowest BCUT2D eigenvalue weighted by Gasteiger charge is -2.03. The number of hydrogen-bond acceptors (Lipinski definition) is 3. The summed E-state index contributed by atoms with van der Waals surface area (Å²) in [6, 6.07) is 0. The third-order valence-electron chi connectivity index (χ3n) is 1.15. The lowest BCUT2D eigenvalue weighted by Crippen LogP contribution is -2.25. The SMILES string of the molecule is CN(C)C/C=C/C(=O)NCC(=O)S. The minimum absolute atomic E-state index is 0.0335. The van der Waals surface area contributed by atoms with Gasteiger partial charge in [-0.25, -0.2) is 0 Å². The molecule has 0 aromatic rings. The molecule has 0 fully saturated rings. The molecule has 0 atom stereocenters. The fourth-order valence-electron chi connectivity index (χ4n) is 0.592. The minimum atomic E-state index is -0.352. The van der Waals surface area contributed by atoms with E-state index in [1.54, 1.807) is 6.08 Å². The molecular weight excluding hydrogens is 188 g/mol. The topological polar surface area (TPSA) is 49.4 Å². The largest absolute Gasteiger partial charge is 0.345 e. The lowest BCUT2D eigenvalue weighted by molar-refractivity contribution is -0.119. The smallest absolute Gasteiger partial charge is 0.244 e. The molecule has 4 nitrogen and oxygen atoms in total. The van der Waals surface area contributed by atoms with Crippen LogP contribution in [0.1, 0.15) is 0 Å². The molecule has 0 heterocycles. The zero-order valence-corrected chi connectivity index (χ0v) is 8.67. The second-order valence-corrected chi connectivity index (χ2v) is 3.27. The zero-order valence-electron chi connectivity index (χ0n) is 7.78. The van der Waals surface area contributed by atoms with Gasteiger partial charge in [0, 0.05) is 12.6 Å². The van der Waals surface area contributed by atoms with Crippen molar-refractivity contribution in [2.75, 3.05) is 27.2 Å². The lowest BCUT2D eigenvalue weighted by atomic mass is 10.4. The average molecular weight is 202 g/mol. The molecule has 5 heteroatoms. The maximum Gasteiger partial charge on any atom is 0.244 e. The summed E-state index contributed by atoms with van der Waals surface area (Å²) in [5, 5.41) is 2.03. The predicted octanol–water partition coefficient (Wildman–Crippen LogP) is -0.323. The molecular formula is C8H14N2O2S. The van der Waals surface area contributed by atoms with Crippen LogP contribution in [-0.4, -0.2) is 43.1 Å². The Morgan fingerprint density at radius 2 is 2.08 bits per heavy atom. The van der Waals surface area contributed by atoms with Crippen molar-refractivity contribution >= 4 is 23.7 Å². The summed E-state index contributed by atoms with van der Waals surface area (Å²) in [5.41, 5.74) is 0. The van der Waals surface area contributed by atoms with Crippen molar-refractivity contribution in [2.24, 2.45) is 0 Å². The van der Waals surface area contributed by atoms with Crippen molar-refractivity contribution in [3.05, 3.63) is 12.2 Å². The summed E-state index contributed by atoms with van der Waals surface area (Å²) in [6.07, 6.45) is 3.12. The van der Waals surface area contributed by atoms with E-state index < -0.39 is 0 Å². The Hall–Kier alpha value is -0.810. The van der Waals surface area contributed by atoms with Crippen molar-refractivity contribution in [3.63, 3.8) is 0 Å². The van der Waals surface area contributed by atoms with Gasteiger partial charge in [-0.15, -0.1) is 12.6 Å². The Bertz CT molecular complexity index is 214. The highest BCUT2D eigenvalue weighted by atomic mass is 32.1. The van der Waals surface area contributed by atoms with Crippen molar-refractivity contribution in [1.29, 1.82) is 0 Å². The number of likely N-dealkylation sites (N-methyl/N-ethyl adjacent to an activating group) is 1. The molecule has 0 aliphatic heterocycles. The molecule has 0 saturated heterocycles. The van der Waals surface area contributed by atoms with Gasteiger partial charge in [0.1, 0.15) is 0 Å². The van der Waals surface area contributed by atoms with Gasteiger partial charge < -0.3 is 10.2 Å². The van der Waals surface area contributed by atoms with E-state index in [2.05, 4.69) is 17.9 Å². The number of amides is 1. The number of hydrogen-bond donors (Lipinski definition) is 2. The Labute approximate surface area is 83.4 Å². The molecule has 0 unspecified atom stereocenters. The van der Waals surface area contributed by atoms with Gasteiger partial charge in [-0.2, -0.15) is 0 Å². The van der Waals surface area contributed by atoms with E-state index in [4.69, 9.17) is 0 Å². The summed E-state index contributed by atoms with van der Waals surface area (Å²) in [4.78, 5) is 23.2. The maximum absolute atomic E-state index is 10.9. The number of carbonyl (C=O) groups excluding carboxylic acids is 2. The normalized spacial score (nSPS) is 10.8. The molecule has 0 spiro atoms. The van der Waals surface area contributed by atoms with E-state index in [-0.39, 0.29) is 17.6 Å². The monoisotopic (exact) mass is 202 g/mol. The van der Waals surface area contributed by atoms with Crippen molar-refractivity contribution < 1.29 is 9.59 Å². The summed E-state index contributed by atoms with van der Waals surface area (Å²) in [5.74, 6) is -0.274. The molecule has 0 saturated carbocycles. The number of nitrogens with zero attached hydrogens (tertiary/aromatic N) is 1. The zero-order chi connectivity index (χ0) is 10.3. The van der Waals surface area contributed by atoms with Crippen LogP contribution in [0.4, 0.5) is 0 Å². The van der Waals surface area contributed by atoms with Gasteiger partial charge in [0.05, 0.1) is 6.54 Å². The van der Waals surface area contributed by atoms with Gasteiger partial charge in [0.25, 0.3) is 0 Å². The standard InChI is InChI=1S/C8H14N2O2S/c1-10(2)5-3-4-7(11)9-6-8(12)13/h3-4H,5-6H2,1-2H3,(H,9,11)(H,12,13)/b4-3+. The number of carbonyl (C=O) groups is 2. The molecule has 0 aliphatic rings. The first kappa shape index (κ1) is 12.2. The summed E-state index contributed by atoms with van der Waals surface area (Å²) >= 11 is 3.51. The summed E-state index contributed by atoms with van der Waals surface area (Å²) in [6.45, 7) is 0.663. The van der Waals surface area contributed by atoms with E-state index >= 15 is 0 Å². The fraction of sp³-hybridized carbons (Fsp3) is 0.500. The van der Waals surface area contributed by atoms with Gasteiger partial charge in [-0.1, -0.05) is 6.08 Å². The molecule has 0 aromatic carbocycles. The quantitative estimate of drug-likeness (QED) is 0.474. The maximum atomic E-state index is 10.9. The molecule has 1 N–H and O–H groups in total. The first-order valence-electron chi connectivity index (χ1n) is 3.83. The van der Waals surface area contributed by atoms with Crippen LogP contribution >= 0.6 is 12.6 Å². The van der Waals surface area contributed by atoms with E-state index in [0.29, 0.717) is 6.54 Å². The van der Waals surface area contributed by atoms with Crippen LogP contribution in [-0.2, 0) is 9.59 Å². The third kappa shape index (κ3) is 9.10. The van der Waals surface area contributed by atoms with Gasteiger partial charge >= 0.3 is 0 Å². The summed E-state index contributed by atoms with van der Waals surface area (Å²) < 4.78 is 0. The molecule has 13 heavy (non-hydrogen) atoms. The Morgan fingerprint density at radius 1 is 1.46 bits per heavy atom. The van der Waals surface area contributed by atoms with Crippen LogP contribution in [0.2, 0.25) is 0 Å². The third-order valence-corrected chi connectivity index (χ3v) is 1.31. The second kappa shape index (κ2) is 6.68. The summed E-state index contributed by atoms with van der Waals surface area (Å²) in [7, 11) is 3.80. The number of nitrogens with one attached hydrogen (secondary N) is 1. The Balaban J connectivity index is 3.61.